The predicted octanol–water partition coefficient (Wildman–Crippen LogP) is 2.53. The Hall–Kier alpha value is -0.0800. The van der Waals surface area contributed by atoms with Gasteiger partial charge in [-0.1, -0.05) is 13.3 Å². The van der Waals surface area contributed by atoms with E-state index in [-0.39, 0.29) is 0 Å². The first-order valence-electron chi connectivity index (χ1n) is 7.65. The first-order chi connectivity index (χ1) is 8.19. The summed E-state index contributed by atoms with van der Waals surface area (Å²) in [6.45, 7) is 4.78. The maximum absolute atomic E-state index is 6.23. The molecule has 98 valence electrons. The molecule has 17 heavy (non-hydrogen) atoms. The molecule has 2 unspecified atom stereocenters. The molecule has 3 aliphatic rings. The summed E-state index contributed by atoms with van der Waals surface area (Å²) in [5, 5.41) is 3.76. The average molecular weight is 236 g/mol. The summed E-state index contributed by atoms with van der Waals surface area (Å²) < 4.78 is 0. The number of hydrogen-bond donors (Lipinski definition) is 2. The van der Waals surface area contributed by atoms with Crippen molar-refractivity contribution in [2.45, 2.75) is 57.9 Å². The smallest absolute Gasteiger partial charge is 0.0105 e. The standard InChI is InChI=1S/C15H28N2/c1-15(8-2-3-14(15)16)10-17-9-13(11-4-5-11)12-6-7-12/h11-14,17H,2-10,16H2,1H3. The Morgan fingerprint density at radius 2 is 1.82 bits per heavy atom. The largest absolute Gasteiger partial charge is 0.327 e. The zero-order valence-electron chi connectivity index (χ0n) is 11.3. The molecule has 3 rings (SSSR count). The van der Waals surface area contributed by atoms with Crippen molar-refractivity contribution in [3.63, 3.8) is 0 Å². The van der Waals surface area contributed by atoms with Crippen molar-refractivity contribution < 1.29 is 0 Å². The number of nitrogens with two attached hydrogens (primary N) is 1. The van der Waals surface area contributed by atoms with Crippen LogP contribution < -0.4 is 11.1 Å². The van der Waals surface area contributed by atoms with Crippen LogP contribution in [0.4, 0.5) is 0 Å². The Morgan fingerprint density at radius 1 is 1.18 bits per heavy atom. The van der Waals surface area contributed by atoms with E-state index in [1.165, 1.54) is 51.5 Å². The van der Waals surface area contributed by atoms with E-state index in [9.17, 15) is 0 Å². The monoisotopic (exact) mass is 236 g/mol. The van der Waals surface area contributed by atoms with Crippen LogP contribution in [-0.4, -0.2) is 19.1 Å². The highest BCUT2D eigenvalue weighted by molar-refractivity contribution is 4.95. The van der Waals surface area contributed by atoms with Crippen LogP contribution in [0.3, 0.4) is 0 Å². The van der Waals surface area contributed by atoms with Gasteiger partial charge in [0, 0.05) is 12.6 Å². The number of hydrogen-bond acceptors (Lipinski definition) is 2. The quantitative estimate of drug-likeness (QED) is 0.744. The third-order valence-corrected chi connectivity index (χ3v) is 5.52. The molecule has 0 spiro atoms. The minimum atomic E-state index is 0.373. The second-order valence-electron chi connectivity index (χ2n) is 7.12. The molecule has 0 saturated heterocycles. The zero-order chi connectivity index (χ0) is 11.9. The van der Waals surface area contributed by atoms with Crippen LogP contribution in [0.5, 0.6) is 0 Å². The third-order valence-electron chi connectivity index (χ3n) is 5.52. The van der Waals surface area contributed by atoms with E-state index in [0.717, 1.165) is 24.3 Å². The summed E-state index contributed by atoms with van der Waals surface area (Å²) in [4.78, 5) is 0. The first kappa shape index (κ1) is 12.0. The van der Waals surface area contributed by atoms with E-state index in [1.54, 1.807) is 0 Å². The summed E-state index contributed by atoms with van der Waals surface area (Å²) in [5.41, 5.74) is 6.61. The summed E-state index contributed by atoms with van der Waals surface area (Å²) in [6, 6.07) is 0.426. The van der Waals surface area contributed by atoms with Crippen molar-refractivity contribution in [3.05, 3.63) is 0 Å². The molecule has 3 saturated carbocycles. The second-order valence-corrected chi connectivity index (χ2v) is 7.12. The Morgan fingerprint density at radius 3 is 2.29 bits per heavy atom. The fourth-order valence-electron chi connectivity index (χ4n) is 3.77. The molecule has 3 aliphatic carbocycles. The molecular formula is C15H28N2. The zero-order valence-corrected chi connectivity index (χ0v) is 11.3. The Kier molecular flexibility index (Phi) is 3.20. The lowest BCUT2D eigenvalue weighted by Gasteiger charge is -2.30. The lowest BCUT2D eigenvalue weighted by Crippen LogP contribution is -2.43. The molecule has 2 heteroatoms. The van der Waals surface area contributed by atoms with Crippen molar-refractivity contribution in [3.8, 4) is 0 Å². The van der Waals surface area contributed by atoms with Crippen LogP contribution in [0.25, 0.3) is 0 Å². The van der Waals surface area contributed by atoms with E-state index < -0.39 is 0 Å². The molecule has 0 radical (unpaired) electrons. The van der Waals surface area contributed by atoms with Crippen LogP contribution in [0.1, 0.15) is 51.9 Å². The molecule has 3 fully saturated rings. The van der Waals surface area contributed by atoms with Gasteiger partial charge in [0.1, 0.15) is 0 Å². The summed E-state index contributed by atoms with van der Waals surface area (Å²) in [6.07, 6.45) is 9.87. The van der Waals surface area contributed by atoms with Crippen molar-refractivity contribution in [2.24, 2.45) is 28.9 Å². The van der Waals surface area contributed by atoms with Gasteiger partial charge in [-0.15, -0.1) is 0 Å². The van der Waals surface area contributed by atoms with E-state index in [0.29, 0.717) is 11.5 Å². The molecule has 0 aromatic carbocycles. The van der Waals surface area contributed by atoms with E-state index in [2.05, 4.69) is 12.2 Å². The maximum Gasteiger partial charge on any atom is 0.0105 e. The Balaban J connectivity index is 1.44. The van der Waals surface area contributed by atoms with E-state index >= 15 is 0 Å². The van der Waals surface area contributed by atoms with Gasteiger partial charge < -0.3 is 11.1 Å². The van der Waals surface area contributed by atoms with Crippen LogP contribution >= 0.6 is 0 Å². The van der Waals surface area contributed by atoms with Gasteiger partial charge in [-0.3, -0.25) is 0 Å². The summed E-state index contributed by atoms with van der Waals surface area (Å²) in [5.74, 6) is 3.14. The number of nitrogens with one attached hydrogen (secondary N) is 1. The van der Waals surface area contributed by atoms with Gasteiger partial charge in [0.05, 0.1) is 0 Å². The number of rotatable bonds is 6. The van der Waals surface area contributed by atoms with Crippen molar-refractivity contribution in [1.82, 2.24) is 5.32 Å². The van der Waals surface area contributed by atoms with Crippen molar-refractivity contribution in [2.75, 3.05) is 13.1 Å². The fourth-order valence-corrected chi connectivity index (χ4v) is 3.77. The predicted molar refractivity (Wildman–Crippen MR) is 71.7 cm³/mol. The highest BCUT2D eigenvalue weighted by atomic mass is 14.9. The first-order valence-corrected chi connectivity index (χ1v) is 7.65. The molecule has 0 aromatic heterocycles. The molecular weight excluding hydrogens is 208 g/mol. The highest BCUT2D eigenvalue weighted by Gasteiger charge is 2.41. The molecule has 0 heterocycles. The van der Waals surface area contributed by atoms with Gasteiger partial charge in [0.25, 0.3) is 0 Å². The molecule has 0 bridgehead atoms. The second kappa shape index (κ2) is 4.55. The van der Waals surface area contributed by atoms with Gasteiger partial charge >= 0.3 is 0 Å². The Labute approximate surface area is 106 Å². The van der Waals surface area contributed by atoms with Crippen LogP contribution in [0.2, 0.25) is 0 Å². The highest BCUT2D eigenvalue weighted by Crippen LogP contribution is 2.49. The topological polar surface area (TPSA) is 38.0 Å². The maximum atomic E-state index is 6.23. The van der Waals surface area contributed by atoms with E-state index in [1.807, 2.05) is 0 Å². The lowest BCUT2D eigenvalue weighted by molar-refractivity contribution is 0.261. The third kappa shape index (κ3) is 2.68. The van der Waals surface area contributed by atoms with Gasteiger partial charge in [-0.2, -0.15) is 0 Å². The van der Waals surface area contributed by atoms with Crippen molar-refractivity contribution >= 4 is 0 Å². The minimum absolute atomic E-state index is 0.373. The Bertz CT molecular complexity index is 258. The molecule has 3 N–H and O–H groups in total. The lowest BCUT2D eigenvalue weighted by atomic mass is 9.85. The van der Waals surface area contributed by atoms with E-state index in [4.69, 9.17) is 5.73 Å². The van der Waals surface area contributed by atoms with Gasteiger partial charge in [0.15, 0.2) is 0 Å². The van der Waals surface area contributed by atoms with Crippen LogP contribution in [0, 0.1) is 23.2 Å². The molecule has 2 atom stereocenters. The van der Waals surface area contributed by atoms with Crippen molar-refractivity contribution in [1.29, 1.82) is 0 Å². The van der Waals surface area contributed by atoms with Crippen LogP contribution in [0.15, 0.2) is 0 Å². The van der Waals surface area contributed by atoms with Gasteiger partial charge in [-0.25, -0.2) is 0 Å². The van der Waals surface area contributed by atoms with Crippen LogP contribution in [-0.2, 0) is 0 Å². The fraction of sp³-hybridized carbons (Fsp3) is 1.00. The molecule has 2 nitrogen and oxygen atoms in total. The SMILES string of the molecule is CC1(CNCC(C2CC2)C2CC2)CCCC1N. The summed E-state index contributed by atoms with van der Waals surface area (Å²) >= 11 is 0. The van der Waals surface area contributed by atoms with Gasteiger partial charge in [-0.05, 0) is 68.2 Å². The van der Waals surface area contributed by atoms with Gasteiger partial charge in [0.2, 0.25) is 0 Å². The average Bonchev–Trinajstić information content (AvgIpc) is 3.17. The molecule has 0 aliphatic heterocycles. The molecule has 0 amide bonds. The normalized spacial score (nSPS) is 37.9. The minimum Gasteiger partial charge on any atom is -0.327 e. The summed E-state index contributed by atoms with van der Waals surface area (Å²) in [7, 11) is 0. The molecule has 0 aromatic rings.